The molecule has 1 heterocycles. The van der Waals surface area contributed by atoms with Gasteiger partial charge in [0.25, 0.3) is 0 Å². The van der Waals surface area contributed by atoms with Gasteiger partial charge >= 0.3 is 0 Å². The average molecular weight is 315 g/mol. The summed E-state index contributed by atoms with van der Waals surface area (Å²) in [4.78, 5) is 15.9. The fraction of sp³-hybridized carbons (Fsp3) is 0.444. The molecule has 0 saturated heterocycles. The Morgan fingerprint density at radius 2 is 2.04 bits per heavy atom. The summed E-state index contributed by atoms with van der Waals surface area (Å²) in [6.45, 7) is 5.54. The number of nitrogens with zero attached hydrogens (tertiary/aromatic N) is 1. The van der Waals surface area contributed by atoms with E-state index in [2.05, 4.69) is 36.3 Å². The summed E-state index contributed by atoms with van der Waals surface area (Å²) in [7, 11) is 0. The molecule has 1 aromatic carbocycles. The minimum Gasteiger partial charge on any atom is -0.441 e. The Kier molecular flexibility index (Phi) is 6.35. The van der Waals surface area contributed by atoms with Gasteiger partial charge in [0.05, 0.1) is 6.20 Å². The maximum absolute atomic E-state index is 11.6. The van der Waals surface area contributed by atoms with Gasteiger partial charge in [0.1, 0.15) is 0 Å². The second kappa shape index (κ2) is 8.48. The third kappa shape index (κ3) is 5.21. The number of aromatic nitrogens is 1. The van der Waals surface area contributed by atoms with Gasteiger partial charge in [-0.15, -0.1) is 0 Å². The van der Waals surface area contributed by atoms with E-state index in [0.29, 0.717) is 37.7 Å². The molecule has 0 aliphatic carbocycles. The minimum absolute atomic E-state index is 0.000476. The van der Waals surface area contributed by atoms with E-state index in [-0.39, 0.29) is 5.91 Å². The predicted octanol–water partition coefficient (Wildman–Crippen LogP) is 2.86. The van der Waals surface area contributed by atoms with Crippen LogP contribution in [0, 0.1) is 0 Å². The molecule has 0 fully saturated rings. The van der Waals surface area contributed by atoms with E-state index in [0.717, 1.165) is 17.7 Å². The molecular weight excluding hydrogens is 290 g/mol. The van der Waals surface area contributed by atoms with Gasteiger partial charge in [0.15, 0.2) is 11.7 Å². The lowest BCUT2D eigenvalue weighted by Crippen LogP contribution is -2.26. The van der Waals surface area contributed by atoms with Crippen LogP contribution in [0.2, 0.25) is 0 Å². The van der Waals surface area contributed by atoms with Crippen molar-refractivity contribution in [3.8, 4) is 11.3 Å². The Hall–Kier alpha value is -2.14. The molecule has 23 heavy (non-hydrogen) atoms. The molecule has 1 aromatic heterocycles. The monoisotopic (exact) mass is 315 g/mol. The van der Waals surface area contributed by atoms with E-state index in [1.807, 2.05) is 12.1 Å². The summed E-state index contributed by atoms with van der Waals surface area (Å²) >= 11 is 0. The van der Waals surface area contributed by atoms with E-state index in [1.165, 1.54) is 5.56 Å². The summed E-state index contributed by atoms with van der Waals surface area (Å²) in [5, 5.41) is 2.82. The van der Waals surface area contributed by atoms with Crippen LogP contribution in [0.3, 0.4) is 0 Å². The summed E-state index contributed by atoms with van der Waals surface area (Å²) in [6, 6.07) is 8.29. The Balaban J connectivity index is 1.89. The second-order valence-electron chi connectivity index (χ2n) is 5.89. The Bertz CT molecular complexity index is 617. The number of aryl methyl sites for hydroxylation is 1. The molecule has 5 heteroatoms. The van der Waals surface area contributed by atoms with Gasteiger partial charge in [-0.3, -0.25) is 4.79 Å². The number of oxazole rings is 1. The molecule has 2 rings (SSSR count). The molecule has 0 aliphatic heterocycles. The van der Waals surface area contributed by atoms with Crippen LogP contribution in [0.4, 0.5) is 0 Å². The number of nitrogens with one attached hydrogen (secondary N) is 1. The molecule has 0 saturated carbocycles. The molecule has 124 valence electrons. The maximum atomic E-state index is 11.6. The molecule has 0 atom stereocenters. The first-order valence-corrected chi connectivity index (χ1v) is 8.12. The van der Waals surface area contributed by atoms with Crippen LogP contribution in [0.5, 0.6) is 0 Å². The summed E-state index contributed by atoms with van der Waals surface area (Å²) in [6.07, 6.45) is 3.38. The second-order valence-corrected chi connectivity index (χ2v) is 5.89. The Morgan fingerprint density at radius 3 is 2.70 bits per heavy atom. The number of benzene rings is 1. The number of amides is 1. The van der Waals surface area contributed by atoms with E-state index in [9.17, 15) is 4.79 Å². The van der Waals surface area contributed by atoms with Crippen molar-refractivity contribution in [1.29, 1.82) is 0 Å². The molecule has 0 radical (unpaired) electrons. The van der Waals surface area contributed by atoms with Crippen molar-refractivity contribution in [2.24, 2.45) is 5.73 Å². The first-order valence-electron chi connectivity index (χ1n) is 8.12. The summed E-state index contributed by atoms with van der Waals surface area (Å²) in [5.74, 6) is 1.83. The highest BCUT2D eigenvalue weighted by Gasteiger charge is 2.09. The molecule has 3 N–H and O–H groups in total. The van der Waals surface area contributed by atoms with Crippen LogP contribution in [0.25, 0.3) is 11.3 Å². The third-order valence-corrected chi connectivity index (χ3v) is 3.68. The van der Waals surface area contributed by atoms with E-state index < -0.39 is 0 Å². The topological polar surface area (TPSA) is 81.2 Å². The molecule has 0 aliphatic rings. The van der Waals surface area contributed by atoms with Crippen molar-refractivity contribution < 1.29 is 9.21 Å². The number of carbonyl (C=O) groups excluding carboxylic acids is 1. The number of hydrogen-bond acceptors (Lipinski definition) is 4. The van der Waals surface area contributed by atoms with Crippen LogP contribution in [-0.2, 0) is 11.2 Å². The van der Waals surface area contributed by atoms with Gasteiger partial charge in [0.2, 0.25) is 5.91 Å². The highest BCUT2D eigenvalue weighted by molar-refractivity contribution is 5.76. The number of carbonyl (C=O) groups is 1. The smallest absolute Gasteiger partial charge is 0.220 e. The fourth-order valence-electron chi connectivity index (χ4n) is 2.23. The number of rotatable bonds is 8. The lowest BCUT2D eigenvalue weighted by Gasteiger charge is -2.05. The largest absolute Gasteiger partial charge is 0.441 e. The van der Waals surface area contributed by atoms with Crippen LogP contribution in [0.1, 0.15) is 44.1 Å². The van der Waals surface area contributed by atoms with Crippen molar-refractivity contribution in [3.05, 3.63) is 41.9 Å². The minimum atomic E-state index is -0.000476. The van der Waals surface area contributed by atoms with Gasteiger partial charge in [-0.1, -0.05) is 38.1 Å². The third-order valence-electron chi connectivity index (χ3n) is 3.68. The first-order chi connectivity index (χ1) is 11.1. The fourth-order valence-corrected chi connectivity index (χ4v) is 2.23. The van der Waals surface area contributed by atoms with Crippen molar-refractivity contribution in [2.75, 3.05) is 13.1 Å². The zero-order valence-corrected chi connectivity index (χ0v) is 13.8. The quantitative estimate of drug-likeness (QED) is 0.734. The van der Waals surface area contributed by atoms with Crippen LogP contribution in [0.15, 0.2) is 34.9 Å². The number of nitrogens with two attached hydrogens (primary N) is 1. The van der Waals surface area contributed by atoms with Gasteiger partial charge < -0.3 is 15.5 Å². The van der Waals surface area contributed by atoms with Crippen molar-refractivity contribution >= 4 is 5.91 Å². The lowest BCUT2D eigenvalue weighted by molar-refractivity contribution is -0.121. The molecule has 5 nitrogen and oxygen atoms in total. The average Bonchev–Trinajstić information content (AvgIpc) is 3.02. The Labute approximate surface area is 137 Å². The normalized spacial score (nSPS) is 11.0. The van der Waals surface area contributed by atoms with Gasteiger partial charge in [-0.25, -0.2) is 4.98 Å². The zero-order valence-electron chi connectivity index (χ0n) is 13.8. The molecule has 2 aromatic rings. The Morgan fingerprint density at radius 1 is 1.30 bits per heavy atom. The predicted molar refractivity (Wildman–Crippen MR) is 91.0 cm³/mol. The van der Waals surface area contributed by atoms with Crippen LogP contribution >= 0.6 is 0 Å². The molecule has 0 spiro atoms. The summed E-state index contributed by atoms with van der Waals surface area (Å²) < 4.78 is 5.73. The van der Waals surface area contributed by atoms with Crippen LogP contribution < -0.4 is 11.1 Å². The van der Waals surface area contributed by atoms with Crippen molar-refractivity contribution in [3.63, 3.8) is 0 Å². The SMILES string of the molecule is CC(C)c1ccc(-c2cnc(CCC(=O)NCCCN)o2)cc1. The molecule has 0 unspecified atom stereocenters. The van der Waals surface area contributed by atoms with Gasteiger partial charge in [-0.2, -0.15) is 0 Å². The number of hydrogen-bond donors (Lipinski definition) is 2. The van der Waals surface area contributed by atoms with Gasteiger partial charge in [0, 0.05) is 24.9 Å². The van der Waals surface area contributed by atoms with Crippen LogP contribution in [-0.4, -0.2) is 24.0 Å². The van der Waals surface area contributed by atoms with Gasteiger partial charge in [-0.05, 0) is 24.4 Å². The van der Waals surface area contributed by atoms with Crippen molar-refractivity contribution in [2.45, 2.75) is 39.0 Å². The molecule has 0 bridgehead atoms. The molecule has 1 amide bonds. The van der Waals surface area contributed by atoms with E-state index in [1.54, 1.807) is 6.20 Å². The maximum Gasteiger partial charge on any atom is 0.220 e. The lowest BCUT2D eigenvalue weighted by atomic mass is 10.0. The summed E-state index contributed by atoms with van der Waals surface area (Å²) in [5.41, 5.74) is 7.68. The first kappa shape index (κ1) is 17.2. The van der Waals surface area contributed by atoms with E-state index in [4.69, 9.17) is 10.2 Å². The van der Waals surface area contributed by atoms with Crippen molar-refractivity contribution in [1.82, 2.24) is 10.3 Å². The highest BCUT2D eigenvalue weighted by Crippen LogP contribution is 2.23. The van der Waals surface area contributed by atoms with E-state index >= 15 is 0 Å². The standard InChI is InChI=1S/C18H25N3O2/c1-13(2)14-4-6-15(7-5-14)16-12-21-18(23-16)9-8-17(22)20-11-3-10-19/h4-7,12-13H,3,8-11,19H2,1-2H3,(H,20,22). The zero-order chi connectivity index (χ0) is 16.7. The molecular formula is C18H25N3O2. The highest BCUT2D eigenvalue weighted by atomic mass is 16.4.